The fraction of sp³-hybridized carbons (Fsp3) is 0.438. The molecule has 3 heterocycles. The first-order chi connectivity index (χ1) is 11.1. The molecular formula is C16H19ClN4O2S. The molecule has 0 bridgehead atoms. The van der Waals surface area contributed by atoms with E-state index in [-0.39, 0.29) is 29.2 Å². The quantitative estimate of drug-likeness (QED) is 0.898. The maximum absolute atomic E-state index is 12.2. The topological polar surface area (TPSA) is 85.2 Å². The summed E-state index contributed by atoms with van der Waals surface area (Å²) in [6.07, 6.45) is 1.48. The standard InChI is InChI=1S/C16H18N4O2S.ClH/c1-16-7-6-13(21)20(16)12(9-23-16)15-18-14(19-22-15)11-4-2-10(8-17)3-5-11;/h2-5,12H,6-9,17H2,1H3;1H. The Morgan fingerprint density at radius 1 is 1.42 bits per heavy atom. The molecule has 0 radical (unpaired) electrons. The highest BCUT2D eigenvalue weighted by Gasteiger charge is 2.52. The van der Waals surface area contributed by atoms with Crippen LogP contribution in [0.15, 0.2) is 28.8 Å². The van der Waals surface area contributed by atoms with Crippen LogP contribution in [-0.2, 0) is 11.3 Å². The molecule has 1 aromatic carbocycles. The lowest BCUT2D eigenvalue weighted by Gasteiger charge is -2.28. The van der Waals surface area contributed by atoms with Gasteiger partial charge >= 0.3 is 0 Å². The molecule has 2 saturated heterocycles. The first-order valence-corrected chi connectivity index (χ1v) is 8.68. The highest BCUT2D eigenvalue weighted by Crippen LogP contribution is 2.52. The minimum atomic E-state index is -0.126. The van der Waals surface area contributed by atoms with E-state index in [1.165, 1.54) is 0 Å². The predicted octanol–water partition coefficient (Wildman–Crippen LogP) is 2.74. The Labute approximate surface area is 150 Å². The van der Waals surface area contributed by atoms with E-state index in [4.69, 9.17) is 10.3 Å². The van der Waals surface area contributed by atoms with Crippen LogP contribution in [0.4, 0.5) is 0 Å². The highest BCUT2D eigenvalue weighted by molar-refractivity contribution is 8.00. The highest BCUT2D eigenvalue weighted by atomic mass is 35.5. The molecular weight excluding hydrogens is 348 g/mol. The van der Waals surface area contributed by atoms with Gasteiger partial charge in [-0.3, -0.25) is 4.79 Å². The van der Waals surface area contributed by atoms with Crippen molar-refractivity contribution in [2.45, 2.75) is 37.2 Å². The molecule has 2 aliphatic rings. The van der Waals surface area contributed by atoms with Gasteiger partial charge in [0.15, 0.2) is 0 Å². The third-order valence-corrected chi connectivity index (χ3v) is 6.12. The van der Waals surface area contributed by atoms with Crippen LogP contribution in [0.3, 0.4) is 0 Å². The van der Waals surface area contributed by atoms with Crippen molar-refractivity contribution in [3.05, 3.63) is 35.7 Å². The van der Waals surface area contributed by atoms with Crippen LogP contribution in [0.25, 0.3) is 11.4 Å². The summed E-state index contributed by atoms with van der Waals surface area (Å²) in [6.45, 7) is 2.62. The van der Waals surface area contributed by atoms with Gasteiger partial charge in [-0.25, -0.2) is 0 Å². The number of thioether (sulfide) groups is 1. The average Bonchev–Trinajstić information content (AvgIpc) is 3.24. The molecule has 0 spiro atoms. The number of carbonyl (C=O) groups is 1. The Balaban J connectivity index is 0.00000169. The van der Waals surface area contributed by atoms with Gasteiger partial charge in [-0.15, -0.1) is 24.2 Å². The van der Waals surface area contributed by atoms with Crippen molar-refractivity contribution in [3.8, 4) is 11.4 Å². The van der Waals surface area contributed by atoms with Crippen molar-refractivity contribution in [1.29, 1.82) is 0 Å². The van der Waals surface area contributed by atoms with Gasteiger partial charge in [0.2, 0.25) is 11.7 Å². The van der Waals surface area contributed by atoms with Crippen molar-refractivity contribution in [3.63, 3.8) is 0 Å². The van der Waals surface area contributed by atoms with E-state index in [0.717, 1.165) is 23.3 Å². The van der Waals surface area contributed by atoms with Crippen molar-refractivity contribution >= 4 is 30.1 Å². The SMILES string of the molecule is CC12CCC(=O)N1C(c1nc(-c3ccc(CN)cc3)no1)CS2.Cl. The summed E-state index contributed by atoms with van der Waals surface area (Å²) in [6, 6.07) is 7.66. The van der Waals surface area contributed by atoms with Crippen LogP contribution < -0.4 is 5.73 Å². The smallest absolute Gasteiger partial charge is 0.250 e. The van der Waals surface area contributed by atoms with Gasteiger partial charge in [-0.05, 0) is 18.9 Å². The molecule has 2 unspecified atom stereocenters. The third-order valence-electron chi connectivity index (χ3n) is 4.62. The lowest BCUT2D eigenvalue weighted by Crippen LogP contribution is -2.37. The van der Waals surface area contributed by atoms with Gasteiger partial charge in [0.05, 0.1) is 4.87 Å². The molecule has 4 rings (SSSR count). The van der Waals surface area contributed by atoms with Gasteiger partial charge < -0.3 is 15.2 Å². The second-order valence-corrected chi connectivity index (χ2v) is 7.62. The van der Waals surface area contributed by atoms with Crippen LogP contribution >= 0.6 is 24.2 Å². The number of fused-ring (bicyclic) bond motifs is 1. The molecule has 1 aromatic heterocycles. The number of hydrogen-bond donors (Lipinski definition) is 1. The van der Waals surface area contributed by atoms with E-state index in [1.807, 2.05) is 29.2 Å². The molecule has 2 aromatic rings. The number of aromatic nitrogens is 2. The van der Waals surface area contributed by atoms with E-state index in [2.05, 4.69) is 17.1 Å². The third kappa shape index (κ3) is 2.70. The molecule has 2 N–H and O–H groups in total. The fourth-order valence-electron chi connectivity index (χ4n) is 3.28. The van der Waals surface area contributed by atoms with E-state index < -0.39 is 0 Å². The number of carbonyl (C=O) groups excluding carboxylic acids is 1. The number of amides is 1. The van der Waals surface area contributed by atoms with Gasteiger partial charge in [0, 0.05) is 24.3 Å². The molecule has 8 heteroatoms. The van der Waals surface area contributed by atoms with Crippen molar-refractivity contribution in [2.24, 2.45) is 5.73 Å². The molecule has 2 fully saturated rings. The molecule has 24 heavy (non-hydrogen) atoms. The van der Waals surface area contributed by atoms with E-state index >= 15 is 0 Å². The van der Waals surface area contributed by atoms with Crippen molar-refractivity contribution in [1.82, 2.24) is 15.0 Å². The number of halogens is 1. The maximum Gasteiger partial charge on any atom is 0.250 e. The summed E-state index contributed by atoms with van der Waals surface area (Å²) in [7, 11) is 0. The van der Waals surface area contributed by atoms with Crippen LogP contribution in [-0.4, -0.2) is 31.6 Å². The van der Waals surface area contributed by atoms with Gasteiger partial charge in [-0.2, -0.15) is 4.98 Å². The van der Waals surface area contributed by atoms with Crippen LogP contribution in [0.2, 0.25) is 0 Å². The molecule has 128 valence electrons. The summed E-state index contributed by atoms with van der Waals surface area (Å²) >= 11 is 1.80. The minimum Gasteiger partial charge on any atom is -0.337 e. The van der Waals surface area contributed by atoms with Crippen LogP contribution in [0, 0.1) is 0 Å². The fourth-order valence-corrected chi connectivity index (χ4v) is 4.70. The number of nitrogens with two attached hydrogens (primary N) is 1. The second-order valence-electron chi connectivity index (χ2n) is 6.12. The Bertz CT molecular complexity index is 751. The largest absolute Gasteiger partial charge is 0.337 e. The predicted molar refractivity (Wildman–Crippen MR) is 94.6 cm³/mol. The summed E-state index contributed by atoms with van der Waals surface area (Å²) < 4.78 is 5.47. The summed E-state index contributed by atoms with van der Waals surface area (Å²) in [5.41, 5.74) is 7.56. The molecule has 6 nitrogen and oxygen atoms in total. The Hall–Kier alpha value is -1.57. The van der Waals surface area contributed by atoms with Crippen molar-refractivity contribution in [2.75, 3.05) is 5.75 Å². The molecule has 2 aliphatic heterocycles. The van der Waals surface area contributed by atoms with E-state index in [1.54, 1.807) is 11.8 Å². The molecule has 0 aliphatic carbocycles. The second kappa shape index (κ2) is 6.38. The Morgan fingerprint density at radius 2 is 2.17 bits per heavy atom. The zero-order chi connectivity index (χ0) is 16.0. The number of rotatable bonds is 3. The zero-order valence-electron chi connectivity index (χ0n) is 13.3. The van der Waals surface area contributed by atoms with Crippen molar-refractivity contribution < 1.29 is 9.32 Å². The summed E-state index contributed by atoms with van der Waals surface area (Å²) in [4.78, 5) is 18.5. The Morgan fingerprint density at radius 3 is 2.88 bits per heavy atom. The lowest BCUT2D eigenvalue weighted by molar-refractivity contribution is -0.131. The first-order valence-electron chi connectivity index (χ1n) is 7.70. The molecule has 0 saturated carbocycles. The monoisotopic (exact) mass is 366 g/mol. The lowest BCUT2D eigenvalue weighted by atomic mass is 10.1. The van der Waals surface area contributed by atoms with Gasteiger partial charge in [0.25, 0.3) is 5.89 Å². The van der Waals surface area contributed by atoms with Crippen LogP contribution in [0.5, 0.6) is 0 Å². The summed E-state index contributed by atoms with van der Waals surface area (Å²) in [5.74, 6) is 2.05. The Kier molecular flexibility index (Phi) is 4.59. The maximum atomic E-state index is 12.2. The summed E-state index contributed by atoms with van der Waals surface area (Å²) in [5, 5.41) is 4.08. The number of hydrogen-bond acceptors (Lipinski definition) is 6. The molecule has 2 atom stereocenters. The number of nitrogens with zero attached hydrogens (tertiary/aromatic N) is 3. The van der Waals surface area contributed by atoms with Gasteiger partial charge in [0.1, 0.15) is 6.04 Å². The number of benzene rings is 1. The van der Waals surface area contributed by atoms with E-state index in [9.17, 15) is 4.79 Å². The van der Waals surface area contributed by atoms with E-state index in [0.29, 0.717) is 24.7 Å². The average molecular weight is 367 g/mol. The minimum absolute atomic E-state index is 0. The first kappa shape index (κ1) is 17.3. The zero-order valence-corrected chi connectivity index (χ0v) is 14.9. The molecule has 1 amide bonds. The van der Waals surface area contributed by atoms with Gasteiger partial charge in [-0.1, -0.05) is 29.4 Å². The van der Waals surface area contributed by atoms with Crippen LogP contribution in [0.1, 0.15) is 37.3 Å². The normalized spacial score (nSPS) is 25.7.